The number of hydrogen-bond donors (Lipinski definition) is 2. The van der Waals surface area contributed by atoms with E-state index in [1.165, 1.54) is 18.9 Å². The zero-order chi connectivity index (χ0) is 13.8. The van der Waals surface area contributed by atoms with E-state index in [1.807, 2.05) is 0 Å². The van der Waals surface area contributed by atoms with Gasteiger partial charge < -0.3 is 16.0 Å². The Balaban J connectivity index is 2.01. The average Bonchev–Trinajstić information content (AvgIpc) is 2.37. The van der Waals surface area contributed by atoms with Gasteiger partial charge in [0.15, 0.2) is 11.0 Å². The van der Waals surface area contributed by atoms with Crippen LogP contribution in [-0.2, 0) is 0 Å². The van der Waals surface area contributed by atoms with Crippen molar-refractivity contribution < 1.29 is 4.79 Å². The highest BCUT2D eigenvalue weighted by Gasteiger charge is 2.18. The number of hydrogen-bond acceptors (Lipinski definition) is 5. The Morgan fingerprint density at radius 3 is 3.11 bits per heavy atom. The summed E-state index contributed by atoms with van der Waals surface area (Å²) < 4.78 is 0. The summed E-state index contributed by atoms with van der Waals surface area (Å²) in [5.41, 5.74) is 5.58. The number of nitrogens with zero attached hydrogens (tertiary/aromatic N) is 3. The lowest BCUT2D eigenvalue weighted by Crippen LogP contribution is -2.35. The first-order valence-electron chi connectivity index (χ1n) is 6.31. The van der Waals surface area contributed by atoms with Crippen LogP contribution in [0.5, 0.6) is 0 Å². The summed E-state index contributed by atoms with van der Waals surface area (Å²) in [5.74, 6) is 0.391. The van der Waals surface area contributed by atoms with Gasteiger partial charge >= 0.3 is 0 Å². The highest BCUT2D eigenvalue weighted by Crippen LogP contribution is 2.18. The maximum absolute atomic E-state index is 11.3. The maximum atomic E-state index is 11.3. The van der Waals surface area contributed by atoms with E-state index in [9.17, 15) is 4.79 Å². The van der Waals surface area contributed by atoms with E-state index in [2.05, 4.69) is 27.5 Å². The SMILES string of the molecule is CN1CCCC(CNc2nnc(Cl)cc2C(N)=O)C1. The molecule has 19 heavy (non-hydrogen) atoms. The van der Waals surface area contributed by atoms with Crippen LogP contribution in [0.1, 0.15) is 23.2 Å². The fourth-order valence-corrected chi connectivity index (χ4v) is 2.51. The predicted octanol–water partition coefficient (Wildman–Crippen LogP) is 0.983. The number of rotatable bonds is 4. The zero-order valence-electron chi connectivity index (χ0n) is 10.9. The third-order valence-corrected chi connectivity index (χ3v) is 3.49. The van der Waals surface area contributed by atoms with Gasteiger partial charge in [0.2, 0.25) is 0 Å². The first-order chi connectivity index (χ1) is 9.06. The normalized spacial score (nSPS) is 20.2. The van der Waals surface area contributed by atoms with Crippen molar-refractivity contribution in [2.45, 2.75) is 12.8 Å². The molecule has 7 heteroatoms. The topological polar surface area (TPSA) is 84.1 Å². The Morgan fingerprint density at radius 1 is 1.63 bits per heavy atom. The number of aromatic nitrogens is 2. The number of nitrogens with two attached hydrogens (primary N) is 1. The van der Waals surface area contributed by atoms with Crippen LogP contribution in [0.2, 0.25) is 5.15 Å². The highest BCUT2D eigenvalue weighted by molar-refractivity contribution is 6.29. The van der Waals surface area contributed by atoms with Gasteiger partial charge in [0, 0.05) is 13.1 Å². The van der Waals surface area contributed by atoms with Crippen LogP contribution in [0.4, 0.5) is 5.82 Å². The summed E-state index contributed by atoms with van der Waals surface area (Å²) >= 11 is 5.71. The molecule has 1 amide bonds. The molecule has 2 rings (SSSR count). The lowest BCUT2D eigenvalue weighted by molar-refractivity contribution is 0.100. The van der Waals surface area contributed by atoms with Crippen LogP contribution in [-0.4, -0.2) is 47.7 Å². The fraction of sp³-hybridized carbons (Fsp3) is 0.583. The molecule has 1 atom stereocenters. The molecule has 1 aliphatic rings. The van der Waals surface area contributed by atoms with Crippen molar-refractivity contribution in [3.05, 3.63) is 16.8 Å². The second-order valence-corrected chi connectivity index (χ2v) is 5.33. The van der Waals surface area contributed by atoms with Gasteiger partial charge in [-0.15, -0.1) is 10.2 Å². The molecule has 2 heterocycles. The van der Waals surface area contributed by atoms with E-state index in [1.54, 1.807) is 0 Å². The van der Waals surface area contributed by atoms with E-state index in [-0.39, 0.29) is 10.7 Å². The molecule has 0 aliphatic carbocycles. The molecule has 0 saturated carbocycles. The number of carbonyl (C=O) groups is 1. The lowest BCUT2D eigenvalue weighted by Gasteiger charge is -2.29. The molecule has 1 saturated heterocycles. The number of likely N-dealkylation sites (tertiary alicyclic amines) is 1. The minimum absolute atomic E-state index is 0.164. The second kappa shape index (κ2) is 6.16. The number of nitrogens with one attached hydrogen (secondary N) is 1. The van der Waals surface area contributed by atoms with Crippen molar-refractivity contribution in [2.75, 3.05) is 32.0 Å². The van der Waals surface area contributed by atoms with Crippen molar-refractivity contribution in [1.29, 1.82) is 0 Å². The summed E-state index contributed by atoms with van der Waals surface area (Å²) in [7, 11) is 2.11. The van der Waals surface area contributed by atoms with Crippen LogP contribution in [0, 0.1) is 5.92 Å². The Labute approximate surface area is 117 Å². The molecule has 3 N–H and O–H groups in total. The Bertz CT molecular complexity index is 467. The largest absolute Gasteiger partial charge is 0.368 e. The minimum atomic E-state index is -0.555. The third kappa shape index (κ3) is 3.78. The Morgan fingerprint density at radius 2 is 2.42 bits per heavy atom. The van der Waals surface area contributed by atoms with Gasteiger partial charge in [0.1, 0.15) is 0 Å². The number of anilines is 1. The van der Waals surface area contributed by atoms with Crippen LogP contribution >= 0.6 is 11.6 Å². The second-order valence-electron chi connectivity index (χ2n) is 4.94. The first kappa shape index (κ1) is 14.0. The van der Waals surface area contributed by atoms with E-state index < -0.39 is 5.91 Å². The summed E-state index contributed by atoms with van der Waals surface area (Å²) in [6.07, 6.45) is 2.36. The van der Waals surface area contributed by atoms with Crippen molar-refractivity contribution in [1.82, 2.24) is 15.1 Å². The van der Waals surface area contributed by atoms with Crippen LogP contribution in [0.3, 0.4) is 0 Å². The van der Waals surface area contributed by atoms with Crippen LogP contribution in [0.25, 0.3) is 0 Å². The third-order valence-electron chi connectivity index (χ3n) is 3.31. The average molecular weight is 284 g/mol. The molecular formula is C12H18ClN5O. The van der Waals surface area contributed by atoms with Gasteiger partial charge in [-0.3, -0.25) is 4.79 Å². The summed E-state index contributed by atoms with van der Waals surface area (Å²) in [6.45, 7) is 2.94. The highest BCUT2D eigenvalue weighted by atomic mass is 35.5. The maximum Gasteiger partial charge on any atom is 0.252 e. The van der Waals surface area contributed by atoms with Gasteiger partial charge in [-0.1, -0.05) is 11.6 Å². The first-order valence-corrected chi connectivity index (χ1v) is 6.69. The van der Waals surface area contributed by atoms with Gasteiger partial charge in [0.05, 0.1) is 5.56 Å². The molecule has 0 bridgehead atoms. The molecule has 0 radical (unpaired) electrons. The smallest absolute Gasteiger partial charge is 0.252 e. The lowest BCUT2D eigenvalue weighted by atomic mass is 9.98. The quantitative estimate of drug-likeness (QED) is 0.861. The number of carbonyl (C=O) groups excluding carboxylic acids is 1. The monoisotopic (exact) mass is 283 g/mol. The van der Waals surface area contributed by atoms with Crippen molar-refractivity contribution in [3.8, 4) is 0 Å². The number of primary amides is 1. The fourth-order valence-electron chi connectivity index (χ4n) is 2.37. The van der Waals surface area contributed by atoms with E-state index in [0.29, 0.717) is 11.7 Å². The van der Waals surface area contributed by atoms with Gasteiger partial charge in [-0.05, 0) is 38.4 Å². The van der Waals surface area contributed by atoms with Crippen LogP contribution < -0.4 is 11.1 Å². The predicted molar refractivity (Wildman–Crippen MR) is 74.3 cm³/mol. The summed E-state index contributed by atoms with van der Waals surface area (Å²) in [4.78, 5) is 13.6. The van der Waals surface area contributed by atoms with E-state index in [0.717, 1.165) is 19.6 Å². The molecular weight excluding hydrogens is 266 g/mol. The molecule has 1 fully saturated rings. The Kier molecular flexibility index (Phi) is 4.55. The minimum Gasteiger partial charge on any atom is -0.368 e. The molecule has 1 aromatic rings. The van der Waals surface area contributed by atoms with Crippen molar-refractivity contribution >= 4 is 23.3 Å². The van der Waals surface area contributed by atoms with Gasteiger partial charge in [-0.2, -0.15) is 0 Å². The van der Waals surface area contributed by atoms with E-state index in [4.69, 9.17) is 17.3 Å². The number of piperidine rings is 1. The van der Waals surface area contributed by atoms with Gasteiger partial charge in [-0.25, -0.2) is 0 Å². The molecule has 104 valence electrons. The number of halogens is 1. The Hall–Kier alpha value is -1.40. The zero-order valence-corrected chi connectivity index (χ0v) is 11.7. The standard InChI is InChI=1S/C12H18ClN5O/c1-18-4-2-3-8(7-18)6-15-12-9(11(14)19)5-10(13)16-17-12/h5,8H,2-4,6-7H2,1H3,(H2,14,19)(H,15,17). The number of amides is 1. The van der Waals surface area contributed by atoms with Gasteiger partial charge in [0.25, 0.3) is 5.91 Å². The molecule has 1 aromatic heterocycles. The van der Waals surface area contributed by atoms with Crippen molar-refractivity contribution in [2.24, 2.45) is 11.7 Å². The van der Waals surface area contributed by atoms with Crippen molar-refractivity contribution in [3.63, 3.8) is 0 Å². The summed E-state index contributed by atoms with van der Waals surface area (Å²) in [5, 5.41) is 10.9. The van der Waals surface area contributed by atoms with Crippen LogP contribution in [0.15, 0.2) is 6.07 Å². The molecule has 6 nitrogen and oxygen atoms in total. The molecule has 0 spiro atoms. The molecule has 0 aromatic carbocycles. The summed E-state index contributed by atoms with van der Waals surface area (Å²) in [6, 6.07) is 1.44. The molecule has 1 unspecified atom stereocenters. The van der Waals surface area contributed by atoms with E-state index >= 15 is 0 Å². The molecule has 1 aliphatic heterocycles.